The number of alkyl halides is 7. The number of hydrogen-bond donors (Lipinski definition) is 0. The molecule has 0 saturated heterocycles. The molecule has 0 atom stereocenters. The molecule has 0 aliphatic carbocycles. The third kappa shape index (κ3) is 4.95. The summed E-state index contributed by atoms with van der Waals surface area (Å²) in [7, 11) is 0. The average Bonchev–Trinajstić information content (AvgIpc) is 2.89. The van der Waals surface area contributed by atoms with Crippen LogP contribution in [0.5, 0.6) is 11.5 Å². The molecule has 0 spiro atoms. The standard InChI is InChI=1S/C26H14F7N3O/c1-2-16-8-12-19(13-9-16)37-20-14-10-18(11-15-20)21-22(17-6-4-3-5-7-17)35-36-23(34-21)24(27,28)25(29,30)26(31,32)33/h1,3-15H. The maximum atomic E-state index is 14.4. The molecule has 188 valence electrons. The Morgan fingerprint density at radius 2 is 1.19 bits per heavy atom. The van der Waals surface area contributed by atoms with E-state index < -0.39 is 23.8 Å². The highest BCUT2D eigenvalue weighted by Crippen LogP contribution is 2.51. The van der Waals surface area contributed by atoms with Crippen molar-refractivity contribution in [2.24, 2.45) is 0 Å². The van der Waals surface area contributed by atoms with Gasteiger partial charge in [0, 0.05) is 16.7 Å². The van der Waals surface area contributed by atoms with E-state index in [1.807, 2.05) is 0 Å². The fourth-order valence-electron chi connectivity index (χ4n) is 3.21. The maximum Gasteiger partial charge on any atom is 0.460 e. The van der Waals surface area contributed by atoms with E-state index in [2.05, 4.69) is 21.1 Å². The molecule has 4 aromatic rings. The molecule has 0 N–H and O–H groups in total. The minimum atomic E-state index is -6.55. The normalized spacial score (nSPS) is 12.2. The van der Waals surface area contributed by atoms with Crippen molar-refractivity contribution in [2.45, 2.75) is 18.0 Å². The van der Waals surface area contributed by atoms with Crippen molar-refractivity contribution in [3.05, 3.63) is 90.3 Å². The Hall–Kier alpha value is -4.46. The quantitative estimate of drug-likeness (QED) is 0.199. The Bertz CT molecular complexity index is 1430. The van der Waals surface area contributed by atoms with Crippen LogP contribution in [-0.2, 0) is 5.92 Å². The zero-order chi connectivity index (χ0) is 26.8. The van der Waals surface area contributed by atoms with Crippen LogP contribution in [-0.4, -0.2) is 27.3 Å². The van der Waals surface area contributed by atoms with Crippen LogP contribution in [0.1, 0.15) is 11.4 Å². The van der Waals surface area contributed by atoms with Crippen LogP contribution in [0.3, 0.4) is 0 Å². The molecule has 0 radical (unpaired) electrons. The van der Waals surface area contributed by atoms with Crippen molar-refractivity contribution in [1.82, 2.24) is 15.2 Å². The zero-order valence-electron chi connectivity index (χ0n) is 18.5. The summed E-state index contributed by atoms with van der Waals surface area (Å²) in [6.45, 7) is 0. The molecule has 1 aromatic heterocycles. The number of rotatable bonds is 6. The van der Waals surface area contributed by atoms with Gasteiger partial charge in [-0.2, -0.15) is 30.7 Å². The van der Waals surface area contributed by atoms with Crippen molar-refractivity contribution in [3.8, 4) is 46.4 Å². The molecular weight excluding hydrogens is 503 g/mol. The largest absolute Gasteiger partial charge is 0.460 e. The lowest BCUT2D eigenvalue weighted by Crippen LogP contribution is -2.50. The van der Waals surface area contributed by atoms with Crippen LogP contribution >= 0.6 is 0 Å². The van der Waals surface area contributed by atoms with Gasteiger partial charge in [-0.15, -0.1) is 16.6 Å². The zero-order valence-corrected chi connectivity index (χ0v) is 18.5. The van der Waals surface area contributed by atoms with Crippen LogP contribution in [0.15, 0.2) is 78.9 Å². The maximum absolute atomic E-state index is 14.4. The predicted octanol–water partition coefficient (Wildman–Crippen LogP) is 7.27. The van der Waals surface area contributed by atoms with Gasteiger partial charge in [0.2, 0.25) is 5.82 Å². The second kappa shape index (κ2) is 9.54. The first-order chi connectivity index (χ1) is 17.4. The minimum absolute atomic E-state index is 0.0937. The lowest BCUT2D eigenvalue weighted by Gasteiger charge is -2.27. The van der Waals surface area contributed by atoms with Gasteiger partial charge in [-0.25, -0.2) is 4.98 Å². The highest BCUT2D eigenvalue weighted by molar-refractivity contribution is 5.77. The van der Waals surface area contributed by atoms with Gasteiger partial charge in [0.25, 0.3) is 0 Å². The number of terminal acetylenes is 1. The molecule has 0 saturated carbocycles. The molecule has 0 unspecified atom stereocenters. The smallest absolute Gasteiger partial charge is 0.457 e. The number of nitrogens with zero attached hydrogens (tertiary/aromatic N) is 3. The van der Waals surface area contributed by atoms with Gasteiger partial charge in [0.15, 0.2) is 0 Å². The van der Waals surface area contributed by atoms with E-state index in [1.54, 1.807) is 42.5 Å². The van der Waals surface area contributed by atoms with Gasteiger partial charge >= 0.3 is 18.0 Å². The molecule has 11 heteroatoms. The molecule has 0 fully saturated rings. The Balaban J connectivity index is 1.76. The average molecular weight is 517 g/mol. The van der Waals surface area contributed by atoms with Gasteiger partial charge in [0.05, 0.1) is 0 Å². The van der Waals surface area contributed by atoms with Gasteiger partial charge in [-0.3, -0.25) is 0 Å². The van der Waals surface area contributed by atoms with E-state index >= 15 is 0 Å². The second-order valence-electron chi connectivity index (χ2n) is 7.64. The lowest BCUT2D eigenvalue weighted by atomic mass is 10.0. The fraction of sp³-hybridized carbons (Fsp3) is 0.115. The van der Waals surface area contributed by atoms with Crippen LogP contribution in [0, 0.1) is 12.3 Å². The Morgan fingerprint density at radius 3 is 1.73 bits per heavy atom. The third-order valence-electron chi connectivity index (χ3n) is 5.15. The van der Waals surface area contributed by atoms with Crippen LogP contribution < -0.4 is 4.74 Å². The molecule has 0 amide bonds. The predicted molar refractivity (Wildman–Crippen MR) is 120 cm³/mol. The summed E-state index contributed by atoms with van der Waals surface area (Å²) < 4.78 is 99.8. The number of hydrogen-bond acceptors (Lipinski definition) is 4. The van der Waals surface area contributed by atoms with E-state index in [4.69, 9.17) is 11.2 Å². The van der Waals surface area contributed by atoms with Gasteiger partial charge in [-0.05, 0) is 48.5 Å². The molecule has 0 aliphatic heterocycles. The minimum Gasteiger partial charge on any atom is -0.457 e. The topological polar surface area (TPSA) is 47.9 Å². The molecule has 0 bridgehead atoms. The number of halogens is 7. The van der Waals surface area contributed by atoms with Crippen molar-refractivity contribution in [1.29, 1.82) is 0 Å². The Labute approximate surface area is 205 Å². The van der Waals surface area contributed by atoms with E-state index in [-0.39, 0.29) is 17.0 Å². The van der Waals surface area contributed by atoms with Crippen LogP contribution in [0.4, 0.5) is 30.7 Å². The first-order valence-corrected chi connectivity index (χ1v) is 10.4. The Morgan fingerprint density at radius 1 is 0.649 bits per heavy atom. The summed E-state index contributed by atoms with van der Waals surface area (Å²) >= 11 is 0. The first kappa shape index (κ1) is 25.6. The van der Waals surface area contributed by atoms with Crippen molar-refractivity contribution in [2.75, 3.05) is 0 Å². The molecule has 3 aromatic carbocycles. The van der Waals surface area contributed by atoms with Gasteiger partial charge in [-0.1, -0.05) is 36.3 Å². The van der Waals surface area contributed by atoms with Gasteiger partial charge < -0.3 is 4.74 Å². The van der Waals surface area contributed by atoms with E-state index in [0.717, 1.165) is 0 Å². The molecule has 37 heavy (non-hydrogen) atoms. The lowest BCUT2D eigenvalue weighted by molar-refractivity contribution is -0.361. The number of aromatic nitrogens is 3. The highest BCUT2D eigenvalue weighted by atomic mass is 19.4. The van der Waals surface area contributed by atoms with Crippen molar-refractivity contribution < 1.29 is 35.5 Å². The summed E-state index contributed by atoms with van der Waals surface area (Å²) in [5.74, 6) is -11.1. The summed E-state index contributed by atoms with van der Waals surface area (Å²) in [6, 6.07) is 20.0. The fourth-order valence-corrected chi connectivity index (χ4v) is 3.21. The van der Waals surface area contributed by atoms with Crippen molar-refractivity contribution >= 4 is 0 Å². The highest BCUT2D eigenvalue weighted by Gasteiger charge is 2.75. The monoisotopic (exact) mass is 517 g/mol. The Kier molecular flexibility index (Phi) is 6.61. The number of benzene rings is 3. The number of ether oxygens (including phenoxy) is 1. The molecule has 4 rings (SSSR count). The second-order valence-corrected chi connectivity index (χ2v) is 7.64. The van der Waals surface area contributed by atoms with Crippen LogP contribution in [0.2, 0.25) is 0 Å². The summed E-state index contributed by atoms with van der Waals surface area (Å²) in [5, 5.41) is 6.50. The first-order valence-electron chi connectivity index (χ1n) is 10.4. The summed E-state index contributed by atoms with van der Waals surface area (Å²) in [5.41, 5.74) is 0.573. The van der Waals surface area contributed by atoms with E-state index in [0.29, 0.717) is 22.6 Å². The molecule has 4 nitrogen and oxygen atoms in total. The summed E-state index contributed by atoms with van der Waals surface area (Å²) in [4.78, 5) is 3.44. The SMILES string of the molecule is C#Cc1ccc(Oc2ccc(-c3nc(C(F)(F)C(F)(F)C(F)(F)F)nnc3-c3ccccc3)cc2)cc1. The van der Waals surface area contributed by atoms with E-state index in [9.17, 15) is 30.7 Å². The third-order valence-corrected chi connectivity index (χ3v) is 5.15. The molecular formula is C26H14F7N3O. The van der Waals surface area contributed by atoms with E-state index in [1.165, 1.54) is 36.4 Å². The van der Waals surface area contributed by atoms with Crippen molar-refractivity contribution in [3.63, 3.8) is 0 Å². The summed E-state index contributed by atoms with van der Waals surface area (Å²) in [6.07, 6.45) is -1.24. The van der Waals surface area contributed by atoms with Gasteiger partial charge in [0.1, 0.15) is 22.9 Å². The molecule has 1 heterocycles. The molecule has 0 aliphatic rings. The van der Waals surface area contributed by atoms with Crippen LogP contribution in [0.25, 0.3) is 22.5 Å².